The molecule has 5 nitrogen and oxygen atoms in total. The Morgan fingerprint density at radius 3 is 2.63 bits per heavy atom. The second kappa shape index (κ2) is 6.70. The Kier molecular flexibility index (Phi) is 5.80. The molecular weight excluding hydrogens is 266 g/mol. The van der Waals surface area contributed by atoms with Crippen LogP contribution in [0.2, 0.25) is 0 Å². The van der Waals surface area contributed by atoms with Crippen molar-refractivity contribution in [2.45, 2.75) is 65.5 Å². The first-order valence-corrected chi connectivity index (χ1v) is 7.81. The summed E-state index contributed by atoms with van der Waals surface area (Å²) in [5, 5.41) is 0. The largest absolute Gasteiger partial charge is 0.443 e. The first kappa shape index (κ1) is 16.4. The third-order valence-corrected chi connectivity index (χ3v) is 3.85. The van der Waals surface area contributed by atoms with Crippen molar-refractivity contribution >= 4 is 17.4 Å². The van der Waals surface area contributed by atoms with Crippen molar-refractivity contribution in [2.75, 3.05) is 6.61 Å². The van der Waals surface area contributed by atoms with Gasteiger partial charge in [0.2, 0.25) is 0 Å². The van der Waals surface area contributed by atoms with Gasteiger partial charge in [-0.25, -0.2) is 9.00 Å². The molecular formula is C13H25NO4S. The number of hydrogen-bond acceptors (Lipinski definition) is 4. The van der Waals surface area contributed by atoms with Crippen LogP contribution in [0.15, 0.2) is 0 Å². The van der Waals surface area contributed by atoms with Gasteiger partial charge in [-0.2, -0.15) is 4.31 Å². The molecule has 6 heteroatoms. The van der Waals surface area contributed by atoms with Crippen molar-refractivity contribution < 1.29 is 17.9 Å². The van der Waals surface area contributed by atoms with Gasteiger partial charge < -0.3 is 4.74 Å². The van der Waals surface area contributed by atoms with Crippen molar-refractivity contribution in [3.8, 4) is 0 Å². The highest BCUT2D eigenvalue weighted by molar-refractivity contribution is 7.78. The van der Waals surface area contributed by atoms with Crippen LogP contribution in [0.3, 0.4) is 0 Å². The fourth-order valence-electron chi connectivity index (χ4n) is 1.86. The van der Waals surface area contributed by atoms with Crippen molar-refractivity contribution in [3.05, 3.63) is 0 Å². The number of ether oxygens (including phenoxy) is 1. The van der Waals surface area contributed by atoms with Crippen LogP contribution in [0, 0.1) is 5.92 Å². The van der Waals surface area contributed by atoms with Gasteiger partial charge in [0.05, 0.1) is 12.6 Å². The molecule has 0 bridgehead atoms. The molecule has 2 atom stereocenters. The van der Waals surface area contributed by atoms with Gasteiger partial charge in [0.1, 0.15) is 5.60 Å². The molecule has 1 aliphatic heterocycles. The molecule has 112 valence electrons. The molecule has 0 aromatic carbocycles. The summed E-state index contributed by atoms with van der Waals surface area (Å²) in [7, 11) is 0. The van der Waals surface area contributed by atoms with E-state index in [9.17, 15) is 9.00 Å². The third-order valence-electron chi connectivity index (χ3n) is 2.75. The quantitative estimate of drug-likeness (QED) is 0.799. The lowest BCUT2D eigenvalue weighted by Crippen LogP contribution is -2.40. The minimum atomic E-state index is -1.71. The highest BCUT2D eigenvalue weighted by Crippen LogP contribution is 2.23. The van der Waals surface area contributed by atoms with Crippen LogP contribution in [0.25, 0.3) is 0 Å². The van der Waals surface area contributed by atoms with Crippen molar-refractivity contribution in [1.82, 2.24) is 4.31 Å². The number of carbonyl (C=O) groups excluding carboxylic acids is 1. The molecule has 0 aromatic heterocycles. The van der Waals surface area contributed by atoms with E-state index in [-0.39, 0.29) is 6.04 Å². The van der Waals surface area contributed by atoms with Crippen molar-refractivity contribution in [1.29, 1.82) is 0 Å². The van der Waals surface area contributed by atoms with Crippen LogP contribution < -0.4 is 0 Å². The average molecular weight is 291 g/mol. The summed E-state index contributed by atoms with van der Waals surface area (Å²) in [6.07, 6.45) is 2.31. The summed E-state index contributed by atoms with van der Waals surface area (Å²) in [5.74, 6) is 0.628. The monoisotopic (exact) mass is 291 g/mol. The molecule has 1 unspecified atom stereocenters. The summed E-state index contributed by atoms with van der Waals surface area (Å²) in [4.78, 5) is 12.0. The number of amides is 1. The SMILES string of the molecule is CC(C)CCC[C@H]1COS(=O)N1C(=O)OC(C)(C)C. The van der Waals surface area contributed by atoms with Gasteiger partial charge in [-0.1, -0.05) is 26.7 Å². The van der Waals surface area contributed by atoms with E-state index in [4.69, 9.17) is 8.92 Å². The molecule has 0 aromatic rings. The zero-order chi connectivity index (χ0) is 14.6. The molecule has 0 saturated carbocycles. The molecule has 1 heterocycles. The molecule has 0 aliphatic carbocycles. The standard InChI is InChI=1S/C13H25NO4S/c1-10(2)7-6-8-11-9-17-19(16)14(11)12(15)18-13(3,4)5/h10-11H,6-9H2,1-5H3/t11-,19?/m0/s1. The van der Waals surface area contributed by atoms with Crippen LogP contribution in [-0.4, -0.2) is 32.9 Å². The third kappa shape index (κ3) is 5.48. The lowest BCUT2D eigenvalue weighted by atomic mass is 10.0. The minimum absolute atomic E-state index is 0.144. The molecule has 19 heavy (non-hydrogen) atoms. The molecule has 0 N–H and O–H groups in total. The smallest absolute Gasteiger partial charge is 0.424 e. The van der Waals surface area contributed by atoms with Gasteiger partial charge in [0, 0.05) is 0 Å². The maximum atomic E-state index is 12.0. The van der Waals surface area contributed by atoms with Gasteiger partial charge >= 0.3 is 6.09 Å². The fraction of sp³-hybridized carbons (Fsp3) is 0.923. The Labute approximate surface area is 118 Å². The molecule has 1 rings (SSSR count). The summed E-state index contributed by atoms with van der Waals surface area (Å²) in [6.45, 7) is 10.0. The lowest BCUT2D eigenvalue weighted by molar-refractivity contribution is 0.0357. The number of rotatable bonds is 4. The van der Waals surface area contributed by atoms with E-state index in [0.29, 0.717) is 12.5 Å². The first-order valence-electron chi connectivity index (χ1n) is 6.78. The zero-order valence-corrected chi connectivity index (χ0v) is 13.3. The highest BCUT2D eigenvalue weighted by atomic mass is 32.2. The van der Waals surface area contributed by atoms with Gasteiger partial charge in [0.25, 0.3) is 11.3 Å². The topological polar surface area (TPSA) is 55.8 Å². The summed E-state index contributed by atoms with van der Waals surface area (Å²) < 4.78 is 23.3. The first-order chi connectivity index (χ1) is 8.70. The molecule has 1 fully saturated rings. The van der Waals surface area contributed by atoms with E-state index in [1.54, 1.807) is 20.8 Å². The molecule has 0 spiro atoms. The van der Waals surface area contributed by atoms with Crippen LogP contribution in [0.4, 0.5) is 4.79 Å². The zero-order valence-electron chi connectivity index (χ0n) is 12.5. The average Bonchev–Trinajstić information content (AvgIpc) is 2.56. The molecule has 1 aliphatic rings. The summed E-state index contributed by atoms with van der Waals surface area (Å²) >= 11 is -1.71. The van der Waals surface area contributed by atoms with E-state index >= 15 is 0 Å². The molecule has 1 saturated heterocycles. The van der Waals surface area contributed by atoms with Gasteiger partial charge in [-0.15, -0.1) is 0 Å². The Morgan fingerprint density at radius 1 is 1.47 bits per heavy atom. The fourth-order valence-corrected chi connectivity index (χ4v) is 2.82. The Hall–Kier alpha value is -0.620. The second-order valence-electron chi connectivity index (χ2n) is 6.29. The second-order valence-corrected chi connectivity index (χ2v) is 7.35. The number of carbonyl (C=O) groups is 1. The lowest BCUT2D eigenvalue weighted by Gasteiger charge is -2.25. The molecule has 0 radical (unpaired) electrons. The maximum Gasteiger partial charge on any atom is 0.424 e. The minimum Gasteiger partial charge on any atom is -0.443 e. The Balaban J connectivity index is 2.56. The van der Waals surface area contributed by atoms with Crippen LogP contribution in [-0.2, 0) is 20.2 Å². The summed E-state index contributed by atoms with van der Waals surface area (Å²) in [6, 6.07) is -0.144. The highest BCUT2D eigenvalue weighted by Gasteiger charge is 2.38. The number of hydrogen-bond donors (Lipinski definition) is 0. The van der Waals surface area contributed by atoms with Crippen LogP contribution >= 0.6 is 0 Å². The van der Waals surface area contributed by atoms with E-state index in [0.717, 1.165) is 19.3 Å². The predicted molar refractivity (Wildman–Crippen MR) is 74.6 cm³/mol. The maximum absolute atomic E-state index is 12.0. The van der Waals surface area contributed by atoms with E-state index in [2.05, 4.69) is 13.8 Å². The van der Waals surface area contributed by atoms with Gasteiger partial charge in [-0.3, -0.25) is 4.18 Å². The normalized spacial score (nSPS) is 24.0. The van der Waals surface area contributed by atoms with Crippen LogP contribution in [0.5, 0.6) is 0 Å². The van der Waals surface area contributed by atoms with Crippen LogP contribution in [0.1, 0.15) is 53.9 Å². The van der Waals surface area contributed by atoms with Gasteiger partial charge in [0.15, 0.2) is 0 Å². The van der Waals surface area contributed by atoms with Crippen molar-refractivity contribution in [3.63, 3.8) is 0 Å². The number of nitrogens with zero attached hydrogens (tertiary/aromatic N) is 1. The van der Waals surface area contributed by atoms with Gasteiger partial charge in [-0.05, 0) is 33.1 Å². The van der Waals surface area contributed by atoms with Crippen molar-refractivity contribution in [2.24, 2.45) is 5.92 Å². The predicted octanol–water partition coefficient (Wildman–Crippen LogP) is 3.03. The molecule has 1 amide bonds. The Morgan fingerprint density at radius 2 is 2.11 bits per heavy atom. The van der Waals surface area contributed by atoms with E-state index in [1.165, 1.54) is 4.31 Å². The Bertz CT molecular complexity index is 338. The summed E-state index contributed by atoms with van der Waals surface area (Å²) in [5.41, 5.74) is -0.591. The van der Waals surface area contributed by atoms with E-state index < -0.39 is 23.0 Å². The van der Waals surface area contributed by atoms with E-state index in [1.807, 2.05) is 0 Å².